The molecule has 60 valence electrons. The Morgan fingerprint density at radius 3 is 2.55 bits per heavy atom. The van der Waals surface area contributed by atoms with Crippen LogP contribution in [0.2, 0.25) is 0 Å². The van der Waals surface area contributed by atoms with Crippen LogP contribution >= 0.6 is 15.9 Å². The van der Waals surface area contributed by atoms with Crippen molar-refractivity contribution in [3.8, 4) is 0 Å². The van der Waals surface area contributed by atoms with Gasteiger partial charge >= 0.3 is 23.1 Å². The van der Waals surface area contributed by atoms with E-state index < -0.39 is 16.6 Å². The predicted octanol–water partition coefficient (Wildman–Crippen LogP) is 2.65. The fourth-order valence-electron chi connectivity index (χ4n) is 0.589. The Morgan fingerprint density at radius 1 is 1.64 bits per heavy atom. The van der Waals surface area contributed by atoms with Gasteiger partial charge in [-0.3, -0.25) is 0 Å². The molecule has 2 unspecified atom stereocenters. The zero-order chi connectivity index (χ0) is 7.78. The van der Waals surface area contributed by atoms with Crippen molar-refractivity contribution in [1.82, 2.24) is 0 Å². The molecule has 0 N–H and O–H groups in total. The molecule has 0 saturated carbocycles. The standard InChI is InChI=1S/C6H4BrF3.Mg.2H/c7-6(10)2-1-4(8)3-5(6)9;;;/h1-3,5H;;;/q;+2;2*-1. The number of hydrogen-bond acceptors (Lipinski definition) is 0. The van der Waals surface area contributed by atoms with Crippen molar-refractivity contribution in [2.24, 2.45) is 0 Å². The zero-order valence-corrected chi connectivity index (χ0v) is 8.53. The molecule has 0 amide bonds. The molecular weight excluding hydrogens is 233 g/mol. The predicted molar refractivity (Wildman–Crippen MR) is 44.0 cm³/mol. The molecule has 0 aliphatic heterocycles. The molecule has 0 nitrogen and oxygen atoms in total. The fraction of sp³-hybridized carbons (Fsp3) is 0.333. The summed E-state index contributed by atoms with van der Waals surface area (Å²) in [7, 11) is 0. The monoisotopic (exact) mass is 238 g/mol. The minimum Gasteiger partial charge on any atom is -1.00 e. The van der Waals surface area contributed by atoms with Crippen LogP contribution in [0.3, 0.4) is 0 Å². The van der Waals surface area contributed by atoms with Crippen LogP contribution in [0.15, 0.2) is 24.1 Å². The molecule has 1 aliphatic carbocycles. The Kier molecular flexibility index (Phi) is 4.14. The Balaban J connectivity index is -0.000000333. The van der Waals surface area contributed by atoms with E-state index in [0.29, 0.717) is 6.08 Å². The molecule has 0 heterocycles. The maximum absolute atomic E-state index is 12.7. The molecule has 0 bridgehead atoms. The summed E-state index contributed by atoms with van der Waals surface area (Å²) in [6, 6.07) is 0. The van der Waals surface area contributed by atoms with Crippen molar-refractivity contribution in [2.45, 2.75) is 10.7 Å². The van der Waals surface area contributed by atoms with E-state index in [0.717, 1.165) is 12.2 Å². The molecule has 0 fully saturated rings. The molecular formula is C6H6BrF3Mg. The van der Waals surface area contributed by atoms with E-state index in [1.165, 1.54) is 0 Å². The smallest absolute Gasteiger partial charge is 1.00 e. The fourth-order valence-corrected chi connectivity index (χ4v) is 0.853. The SMILES string of the molecule is FC1=CC(F)C(F)(Br)C=C1.[H-].[H-].[Mg+2]. The number of rotatable bonds is 0. The molecule has 1 aliphatic rings. The Labute approximate surface area is 89.8 Å². The first kappa shape index (κ1) is 11.5. The molecule has 5 heteroatoms. The summed E-state index contributed by atoms with van der Waals surface area (Å²) in [4.78, 5) is 0. The first-order valence-electron chi connectivity index (χ1n) is 2.61. The van der Waals surface area contributed by atoms with Gasteiger partial charge in [0.2, 0.25) is 4.58 Å². The summed E-state index contributed by atoms with van der Waals surface area (Å²) in [6.07, 6.45) is 0.310. The average molecular weight is 239 g/mol. The Bertz CT molecular complexity index is 208. The van der Waals surface area contributed by atoms with Gasteiger partial charge in [0.25, 0.3) is 0 Å². The normalized spacial score (nSPS) is 36.0. The van der Waals surface area contributed by atoms with Gasteiger partial charge in [-0.05, 0) is 34.2 Å². The third-order valence-corrected chi connectivity index (χ3v) is 1.84. The summed E-state index contributed by atoms with van der Waals surface area (Å²) < 4.78 is 35.0. The summed E-state index contributed by atoms with van der Waals surface area (Å²) in [5.74, 6) is -0.750. The Morgan fingerprint density at radius 2 is 2.18 bits per heavy atom. The molecule has 0 radical (unpaired) electrons. The molecule has 0 aromatic rings. The van der Waals surface area contributed by atoms with Crippen LogP contribution in [-0.2, 0) is 0 Å². The van der Waals surface area contributed by atoms with Crippen LogP contribution in [-0.4, -0.2) is 33.8 Å². The van der Waals surface area contributed by atoms with Gasteiger partial charge in [-0.2, -0.15) is 0 Å². The zero-order valence-electron chi connectivity index (χ0n) is 7.53. The molecule has 0 saturated heterocycles. The van der Waals surface area contributed by atoms with Crippen LogP contribution in [0.25, 0.3) is 0 Å². The summed E-state index contributed by atoms with van der Waals surface area (Å²) in [6.45, 7) is 0. The van der Waals surface area contributed by atoms with Gasteiger partial charge in [0.15, 0.2) is 6.17 Å². The molecule has 0 aromatic heterocycles. The van der Waals surface area contributed by atoms with E-state index in [1.807, 2.05) is 0 Å². The second kappa shape index (κ2) is 3.96. The van der Waals surface area contributed by atoms with Gasteiger partial charge in [0, 0.05) is 0 Å². The summed E-state index contributed by atoms with van der Waals surface area (Å²) in [5, 5.41) is 0. The van der Waals surface area contributed by atoms with Gasteiger partial charge in [0.1, 0.15) is 5.83 Å². The van der Waals surface area contributed by atoms with Crippen LogP contribution in [0.4, 0.5) is 13.2 Å². The van der Waals surface area contributed by atoms with Crippen molar-refractivity contribution in [2.75, 3.05) is 0 Å². The van der Waals surface area contributed by atoms with Crippen LogP contribution in [0, 0.1) is 0 Å². The third kappa shape index (κ3) is 2.80. The van der Waals surface area contributed by atoms with Crippen molar-refractivity contribution in [1.29, 1.82) is 0 Å². The number of allylic oxidation sites excluding steroid dienone is 4. The van der Waals surface area contributed by atoms with Crippen LogP contribution in [0.1, 0.15) is 2.85 Å². The minimum absolute atomic E-state index is 0. The molecule has 2 atom stereocenters. The topological polar surface area (TPSA) is 0 Å². The molecule has 0 spiro atoms. The quantitative estimate of drug-likeness (QED) is 0.450. The minimum atomic E-state index is -2.23. The number of hydrogen-bond donors (Lipinski definition) is 0. The van der Waals surface area contributed by atoms with E-state index in [2.05, 4.69) is 15.9 Å². The second-order valence-electron chi connectivity index (χ2n) is 1.96. The molecule has 1 rings (SSSR count). The first-order chi connectivity index (χ1) is 4.52. The van der Waals surface area contributed by atoms with E-state index in [-0.39, 0.29) is 25.9 Å². The number of alkyl halides is 3. The van der Waals surface area contributed by atoms with Crippen molar-refractivity contribution >= 4 is 39.0 Å². The summed E-state index contributed by atoms with van der Waals surface area (Å²) >= 11 is 2.45. The van der Waals surface area contributed by atoms with E-state index in [9.17, 15) is 13.2 Å². The van der Waals surface area contributed by atoms with E-state index >= 15 is 0 Å². The van der Waals surface area contributed by atoms with Gasteiger partial charge in [0.05, 0.1) is 0 Å². The largest absolute Gasteiger partial charge is 2.00 e. The first-order valence-corrected chi connectivity index (χ1v) is 3.40. The van der Waals surface area contributed by atoms with E-state index in [1.54, 1.807) is 0 Å². The maximum Gasteiger partial charge on any atom is 2.00 e. The van der Waals surface area contributed by atoms with Crippen LogP contribution < -0.4 is 0 Å². The molecule has 0 aromatic carbocycles. The maximum atomic E-state index is 12.7. The average Bonchev–Trinajstić information content (AvgIpc) is 1.81. The van der Waals surface area contributed by atoms with Gasteiger partial charge < -0.3 is 2.85 Å². The third-order valence-electron chi connectivity index (χ3n) is 1.14. The van der Waals surface area contributed by atoms with Crippen LogP contribution in [0.5, 0.6) is 0 Å². The van der Waals surface area contributed by atoms with Gasteiger partial charge in [-0.15, -0.1) is 0 Å². The van der Waals surface area contributed by atoms with Gasteiger partial charge in [-0.1, -0.05) is 0 Å². The molecule has 11 heavy (non-hydrogen) atoms. The van der Waals surface area contributed by atoms with Crippen molar-refractivity contribution in [3.05, 3.63) is 24.1 Å². The Hall–Kier alpha value is 0.516. The van der Waals surface area contributed by atoms with E-state index in [4.69, 9.17) is 0 Å². The number of halogens is 4. The second-order valence-corrected chi connectivity index (χ2v) is 3.18. The van der Waals surface area contributed by atoms with Crippen molar-refractivity contribution < 1.29 is 16.0 Å². The van der Waals surface area contributed by atoms with Crippen molar-refractivity contribution in [3.63, 3.8) is 0 Å². The summed E-state index contributed by atoms with van der Waals surface area (Å²) in [5.41, 5.74) is 0. The van der Waals surface area contributed by atoms with Gasteiger partial charge in [-0.25, -0.2) is 13.2 Å².